The molecular formula is C16H23BrN2. The average Bonchev–Trinajstić information content (AvgIpc) is 2.75. The minimum absolute atomic E-state index is 1.03. The summed E-state index contributed by atoms with van der Waals surface area (Å²) in [5, 5.41) is 4.83. The van der Waals surface area contributed by atoms with Crippen LogP contribution < -0.4 is 5.32 Å². The maximum atomic E-state index is 3.63. The zero-order valence-electron chi connectivity index (χ0n) is 11.7. The van der Waals surface area contributed by atoms with E-state index in [4.69, 9.17) is 0 Å². The second-order valence-corrected chi connectivity index (χ2v) is 5.85. The van der Waals surface area contributed by atoms with Gasteiger partial charge in [0, 0.05) is 34.7 Å². The molecule has 0 radical (unpaired) electrons. The molecule has 0 aliphatic heterocycles. The number of fused-ring (bicyclic) bond motifs is 1. The molecule has 104 valence electrons. The van der Waals surface area contributed by atoms with Crippen molar-refractivity contribution < 1.29 is 0 Å². The topological polar surface area (TPSA) is 17.0 Å². The van der Waals surface area contributed by atoms with Crippen LogP contribution in [0.1, 0.15) is 32.6 Å². The van der Waals surface area contributed by atoms with Gasteiger partial charge in [-0.15, -0.1) is 0 Å². The highest BCUT2D eigenvalue weighted by atomic mass is 79.9. The molecule has 0 unspecified atom stereocenters. The summed E-state index contributed by atoms with van der Waals surface area (Å²) in [4.78, 5) is 0. The van der Waals surface area contributed by atoms with Crippen molar-refractivity contribution in [3.63, 3.8) is 0 Å². The van der Waals surface area contributed by atoms with Gasteiger partial charge >= 0.3 is 0 Å². The van der Waals surface area contributed by atoms with Crippen LogP contribution in [0.3, 0.4) is 0 Å². The van der Waals surface area contributed by atoms with Gasteiger partial charge < -0.3 is 9.88 Å². The molecule has 0 bridgehead atoms. The van der Waals surface area contributed by atoms with Gasteiger partial charge in [0.15, 0.2) is 0 Å². The zero-order chi connectivity index (χ0) is 13.5. The van der Waals surface area contributed by atoms with E-state index < -0.39 is 0 Å². The van der Waals surface area contributed by atoms with Gasteiger partial charge in [0.2, 0.25) is 0 Å². The van der Waals surface area contributed by atoms with Crippen molar-refractivity contribution in [3.05, 3.63) is 34.9 Å². The van der Waals surface area contributed by atoms with Gasteiger partial charge in [0.05, 0.1) is 0 Å². The number of halogens is 1. The molecule has 3 heteroatoms. The third-order valence-electron chi connectivity index (χ3n) is 3.48. The summed E-state index contributed by atoms with van der Waals surface area (Å²) in [6.45, 7) is 5.46. The Morgan fingerprint density at radius 2 is 1.95 bits per heavy atom. The first kappa shape index (κ1) is 14.6. The number of hydrogen-bond donors (Lipinski definition) is 1. The molecule has 1 aromatic heterocycles. The number of aromatic nitrogens is 1. The van der Waals surface area contributed by atoms with Gasteiger partial charge in [-0.1, -0.05) is 44.4 Å². The van der Waals surface area contributed by atoms with Crippen LogP contribution in [0.15, 0.2) is 34.9 Å². The monoisotopic (exact) mass is 322 g/mol. The fourth-order valence-corrected chi connectivity index (χ4v) is 2.97. The fourth-order valence-electron chi connectivity index (χ4n) is 2.39. The third-order valence-corrected chi connectivity index (χ3v) is 4.11. The van der Waals surface area contributed by atoms with Crippen LogP contribution in [-0.2, 0) is 6.54 Å². The minimum Gasteiger partial charge on any atom is -0.345 e. The lowest BCUT2D eigenvalue weighted by molar-refractivity contribution is 0.567. The normalized spacial score (nSPS) is 11.3. The number of benzene rings is 1. The molecule has 2 aromatic rings. The largest absolute Gasteiger partial charge is 0.345 e. The summed E-state index contributed by atoms with van der Waals surface area (Å²) in [7, 11) is 0. The summed E-state index contributed by atoms with van der Waals surface area (Å²) < 4.78 is 3.50. The minimum atomic E-state index is 1.03. The number of nitrogens with zero attached hydrogens (tertiary/aromatic N) is 1. The molecule has 19 heavy (non-hydrogen) atoms. The lowest BCUT2D eigenvalue weighted by Gasteiger charge is -2.07. The first-order chi connectivity index (χ1) is 9.33. The van der Waals surface area contributed by atoms with Crippen molar-refractivity contribution in [2.24, 2.45) is 0 Å². The number of unbranched alkanes of at least 4 members (excludes halogenated alkanes) is 3. The van der Waals surface area contributed by atoms with Gasteiger partial charge in [-0.2, -0.15) is 0 Å². The van der Waals surface area contributed by atoms with Gasteiger partial charge in [0.25, 0.3) is 0 Å². The van der Waals surface area contributed by atoms with Crippen LogP contribution in [0, 0.1) is 0 Å². The zero-order valence-corrected chi connectivity index (χ0v) is 13.2. The van der Waals surface area contributed by atoms with Gasteiger partial charge in [0.1, 0.15) is 0 Å². The highest BCUT2D eigenvalue weighted by molar-refractivity contribution is 9.10. The molecule has 0 atom stereocenters. The number of para-hydroxylation sites is 1. The Morgan fingerprint density at radius 1 is 1.11 bits per heavy atom. The number of nitrogens with one attached hydrogen (secondary N) is 1. The van der Waals surface area contributed by atoms with E-state index in [9.17, 15) is 0 Å². The average molecular weight is 323 g/mol. The molecule has 0 saturated carbocycles. The molecular weight excluding hydrogens is 300 g/mol. The van der Waals surface area contributed by atoms with E-state index in [1.807, 2.05) is 0 Å². The standard InChI is InChI=1S/C16H23BrN2/c1-2-3-4-7-10-18-11-12-19-13-15(17)14-8-5-6-9-16(14)19/h5-6,8-9,13,18H,2-4,7,10-12H2,1H3. The van der Waals surface area contributed by atoms with Crippen molar-refractivity contribution in [1.29, 1.82) is 0 Å². The maximum Gasteiger partial charge on any atom is 0.0492 e. The van der Waals surface area contributed by atoms with Gasteiger partial charge in [-0.05, 0) is 35.0 Å². The molecule has 1 N–H and O–H groups in total. The first-order valence-corrected chi connectivity index (χ1v) is 8.06. The molecule has 0 aliphatic carbocycles. The second-order valence-electron chi connectivity index (χ2n) is 5.00. The van der Waals surface area contributed by atoms with E-state index in [1.165, 1.54) is 41.1 Å². The summed E-state index contributed by atoms with van der Waals surface area (Å²) in [5.74, 6) is 0. The van der Waals surface area contributed by atoms with Crippen LogP contribution in [0.2, 0.25) is 0 Å². The SMILES string of the molecule is CCCCCCNCCn1cc(Br)c2ccccc21. The van der Waals surface area contributed by atoms with Crippen molar-refractivity contribution in [3.8, 4) is 0 Å². The van der Waals surface area contributed by atoms with Crippen molar-refractivity contribution in [2.45, 2.75) is 39.2 Å². The van der Waals surface area contributed by atoms with Gasteiger partial charge in [-0.3, -0.25) is 0 Å². The molecule has 0 aliphatic rings. The van der Waals surface area contributed by atoms with Crippen molar-refractivity contribution >= 4 is 26.8 Å². The molecule has 0 amide bonds. The Kier molecular flexibility index (Phi) is 5.93. The lowest BCUT2D eigenvalue weighted by atomic mass is 10.2. The van der Waals surface area contributed by atoms with E-state index in [1.54, 1.807) is 0 Å². The van der Waals surface area contributed by atoms with Crippen molar-refractivity contribution in [2.75, 3.05) is 13.1 Å². The molecule has 0 fully saturated rings. The molecule has 1 heterocycles. The second kappa shape index (κ2) is 7.71. The van der Waals surface area contributed by atoms with E-state index >= 15 is 0 Å². The van der Waals surface area contributed by atoms with Crippen LogP contribution in [-0.4, -0.2) is 17.7 Å². The lowest BCUT2D eigenvalue weighted by Crippen LogP contribution is -2.20. The molecule has 0 saturated heterocycles. The Hall–Kier alpha value is -0.800. The summed E-state index contributed by atoms with van der Waals surface area (Å²) in [6.07, 6.45) is 7.50. The molecule has 2 rings (SSSR count). The summed E-state index contributed by atoms with van der Waals surface area (Å²) >= 11 is 3.63. The van der Waals surface area contributed by atoms with Crippen LogP contribution >= 0.6 is 15.9 Å². The van der Waals surface area contributed by atoms with Crippen LogP contribution in [0.4, 0.5) is 0 Å². The third kappa shape index (κ3) is 4.08. The Balaban J connectivity index is 1.79. The van der Waals surface area contributed by atoms with E-state index in [0.29, 0.717) is 0 Å². The van der Waals surface area contributed by atoms with Crippen molar-refractivity contribution in [1.82, 2.24) is 9.88 Å². The number of hydrogen-bond acceptors (Lipinski definition) is 1. The van der Waals surface area contributed by atoms with E-state index in [0.717, 1.165) is 19.6 Å². The first-order valence-electron chi connectivity index (χ1n) is 7.27. The predicted octanol–water partition coefficient (Wildman–Crippen LogP) is 4.57. The highest BCUT2D eigenvalue weighted by Crippen LogP contribution is 2.25. The molecule has 0 spiro atoms. The van der Waals surface area contributed by atoms with Crippen LogP contribution in [0.25, 0.3) is 10.9 Å². The Morgan fingerprint density at radius 3 is 2.79 bits per heavy atom. The van der Waals surface area contributed by atoms with Gasteiger partial charge in [-0.25, -0.2) is 0 Å². The molecule has 2 nitrogen and oxygen atoms in total. The summed E-state index contributed by atoms with van der Waals surface area (Å²) in [5.41, 5.74) is 1.31. The van der Waals surface area contributed by atoms with Crippen LogP contribution in [0.5, 0.6) is 0 Å². The maximum absolute atomic E-state index is 3.63. The smallest absolute Gasteiger partial charge is 0.0492 e. The van der Waals surface area contributed by atoms with E-state index in [-0.39, 0.29) is 0 Å². The van der Waals surface area contributed by atoms with E-state index in [2.05, 4.69) is 63.2 Å². The number of rotatable bonds is 8. The highest BCUT2D eigenvalue weighted by Gasteiger charge is 2.04. The Labute approximate surface area is 124 Å². The molecule has 1 aromatic carbocycles. The Bertz CT molecular complexity index is 504. The predicted molar refractivity (Wildman–Crippen MR) is 86.6 cm³/mol. The fraction of sp³-hybridized carbons (Fsp3) is 0.500. The summed E-state index contributed by atoms with van der Waals surface area (Å²) in [6, 6.07) is 8.53. The quantitative estimate of drug-likeness (QED) is 0.704.